The molecule has 1 fully saturated rings. The first-order valence-electron chi connectivity index (χ1n) is 6.09. The van der Waals surface area contributed by atoms with Gasteiger partial charge in [0.15, 0.2) is 0 Å². The number of thioether (sulfide) groups is 1. The highest BCUT2D eigenvalue weighted by atomic mass is 32.2. The second kappa shape index (κ2) is 5.71. The van der Waals surface area contributed by atoms with Gasteiger partial charge in [-0.3, -0.25) is 4.79 Å². The largest absolute Gasteiger partial charge is 0.391 e. The molecule has 0 spiro atoms. The Bertz CT molecular complexity index is 422. The van der Waals surface area contributed by atoms with Gasteiger partial charge in [0, 0.05) is 19.3 Å². The summed E-state index contributed by atoms with van der Waals surface area (Å²) in [6.07, 6.45) is 4.00. The van der Waals surface area contributed by atoms with Crippen LogP contribution in [0.2, 0.25) is 0 Å². The molecule has 0 saturated carbocycles. The second-order valence-electron chi connectivity index (χ2n) is 4.67. The van der Waals surface area contributed by atoms with E-state index in [0.29, 0.717) is 18.7 Å². The van der Waals surface area contributed by atoms with E-state index in [4.69, 9.17) is 0 Å². The Kier molecular flexibility index (Phi) is 4.24. The third kappa shape index (κ3) is 2.84. The summed E-state index contributed by atoms with van der Waals surface area (Å²) < 4.78 is 0. The van der Waals surface area contributed by atoms with Crippen LogP contribution in [0.25, 0.3) is 0 Å². The Hall–Kier alpha value is -1.07. The molecule has 2 rings (SSSR count). The predicted molar refractivity (Wildman–Crippen MR) is 71.7 cm³/mol. The minimum atomic E-state index is -0.416. The molecule has 0 radical (unpaired) electrons. The molecule has 0 aromatic carbocycles. The van der Waals surface area contributed by atoms with Crippen LogP contribution in [-0.2, 0) is 0 Å². The molecular weight excluding hydrogens is 248 g/mol. The van der Waals surface area contributed by atoms with Crippen molar-refractivity contribution in [1.29, 1.82) is 0 Å². The number of carbonyl (C=O) groups is 1. The van der Waals surface area contributed by atoms with Crippen molar-refractivity contribution < 1.29 is 9.90 Å². The van der Waals surface area contributed by atoms with E-state index in [1.54, 1.807) is 28.9 Å². The number of aromatic nitrogens is 1. The highest BCUT2D eigenvalue weighted by Gasteiger charge is 2.27. The number of piperidine rings is 1. The summed E-state index contributed by atoms with van der Waals surface area (Å²) in [5.74, 6) is 0.229. The molecule has 0 aliphatic carbocycles. The first kappa shape index (κ1) is 13.4. The van der Waals surface area contributed by atoms with E-state index in [2.05, 4.69) is 4.98 Å². The molecule has 1 aromatic heterocycles. The lowest BCUT2D eigenvalue weighted by Crippen LogP contribution is -2.45. The van der Waals surface area contributed by atoms with Gasteiger partial charge in [-0.15, -0.1) is 11.8 Å². The lowest BCUT2D eigenvalue weighted by atomic mass is 9.96. The molecule has 1 aromatic rings. The number of likely N-dealkylation sites (tertiary alicyclic amines) is 1. The van der Waals surface area contributed by atoms with E-state index < -0.39 is 6.10 Å². The SMILES string of the molecule is CSc1ccc(C(=O)N2CCC(C)C(O)C2)cn1. The molecular formula is C13H18N2O2S. The van der Waals surface area contributed by atoms with E-state index >= 15 is 0 Å². The van der Waals surface area contributed by atoms with Crippen molar-refractivity contribution in [2.75, 3.05) is 19.3 Å². The van der Waals surface area contributed by atoms with E-state index in [1.165, 1.54) is 0 Å². The molecule has 0 bridgehead atoms. The second-order valence-corrected chi connectivity index (χ2v) is 5.50. The minimum absolute atomic E-state index is 0.0406. The molecule has 1 saturated heterocycles. The Balaban J connectivity index is 2.06. The molecule has 1 aliphatic heterocycles. The maximum atomic E-state index is 12.2. The zero-order valence-electron chi connectivity index (χ0n) is 10.7. The maximum absolute atomic E-state index is 12.2. The van der Waals surface area contributed by atoms with Gasteiger partial charge in [0.25, 0.3) is 5.91 Å². The van der Waals surface area contributed by atoms with Crippen molar-refractivity contribution in [3.05, 3.63) is 23.9 Å². The summed E-state index contributed by atoms with van der Waals surface area (Å²) in [4.78, 5) is 18.1. The fourth-order valence-corrected chi connectivity index (χ4v) is 2.41. The highest BCUT2D eigenvalue weighted by molar-refractivity contribution is 7.98. The molecule has 1 aliphatic rings. The molecule has 2 heterocycles. The van der Waals surface area contributed by atoms with Crippen LogP contribution in [0.4, 0.5) is 0 Å². The Morgan fingerprint density at radius 3 is 2.89 bits per heavy atom. The van der Waals surface area contributed by atoms with Crippen LogP contribution in [0, 0.1) is 5.92 Å². The Morgan fingerprint density at radius 1 is 1.56 bits per heavy atom. The fraction of sp³-hybridized carbons (Fsp3) is 0.538. The number of hydrogen-bond donors (Lipinski definition) is 1. The fourth-order valence-electron chi connectivity index (χ4n) is 2.04. The van der Waals surface area contributed by atoms with Crippen molar-refractivity contribution in [1.82, 2.24) is 9.88 Å². The van der Waals surface area contributed by atoms with Crippen LogP contribution in [0.15, 0.2) is 23.4 Å². The third-order valence-electron chi connectivity index (χ3n) is 3.40. The molecule has 5 heteroatoms. The first-order valence-corrected chi connectivity index (χ1v) is 7.31. The molecule has 4 nitrogen and oxygen atoms in total. The monoisotopic (exact) mass is 266 g/mol. The lowest BCUT2D eigenvalue weighted by Gasteiger charge is -2.34. The van der Waals surface area contributed by atoms with Crippen LogP contribution in [0.1, 0.15) is 23.7 Å². The van der Waals surface area contributed by atoms with Crippen molar-refractivity contribution in [3.8, 4) is 0 Å². The van der Waals surface area contributed by atoms with Gasteiger partial charge in [-0.2, -0.15) is 0 Å². The molecule has 18 heavy (non-hydrogen) atoms. The van der Waals surface area contributed by atoms with Crippen LogP contribution in [0.3, 0.4) is 0 Å². The number of nitrogens with zero attached hydrogens (tertiary/aromatic N) is 2. The number of hydrogen-bond acceptors (Lipinski definition) is 4. The van der Waals surface area contributed by atoms with E-state index in [9.17, 15) is 9.90 Å². The topological polar surface area (TPSA) is 53.4 Å². The maximum Gasteiger partial charge on any atom is 0.255 e. The van der Waals surface area contributed by atoms with Crippen molar-refractivity contribution in [2.45, 2.75) is 24.5 Å². The van der Waals surface area contributed by atoms with Gasteiger partial charge in [-0.1, -0.05) is 6.92 Å². The standard InChI is InChI=1S/C13H18N2O2S/c1-9-5-6-15(8-11(9)16)13(17)10-3-4-12(18-2)14-7-10/h3-4,7,9,11,16H,5-6,8H2,1-2H3. The van der Waals surface area contributed by atoms with Crippen molar-refractivity contribution in [2.24, 2.45) is 5.92 Å². The Morgan fingerprint density at radius 2 is 2.33 bits per heavy atom. The van der Waals surface area contributed by atoms with E-state index in [1.807, 2.05) is 19.2 Å². The average molecular weight is 266 g/mol. The van der Waals surface area contributed by atoms with E-state index in [0.717, 1.165) is 11.4 Å². The summed E-state index contributed by atoms with van der Waals surface area (Å²) in [6, 6.07) is 3.65. The number of carbonyl (C=O) groups excluding carboxylic acids is 1. The minimum Gasteiger partial charge on any atom is -0.391 e. The number of aliphatic hydroxyl groups excluding tert-OH is 1. The summed E-state index contributed by atoms with van der Waals surface area (Å²) in [7, 11) is 0. The molecule has 2 atom stereocenters. The summed E-state index contributed by atoms with van der Waals surface area (Å²) in [5.41, 5.74) is 0.592. The number of aliphatic hydroxyl groups is 1. The molecule has 2 unspecified atom stereocenters. The highest BCUT2D eigenvalue weighted by Crippen LogP contribution is 2.19. The summed E-state index contributed by atoms with van der Waals surface area (Å²) >= 11 is 1.55. The smallest absolute Gasteiger partial charge is 0.255 e. The zero-order valence-corrected chi connectivity index (χ0v) is 11.5. The third-order valence-corrected chi connectivity index (χ3v) is 4.06. The number of amides is 1. The van der Waals surface area contributed by atoms with Crippen LogP contribution in [-0.4, -0.2) is 46.3 Å². The van der Waals surface area contributed by atoms with Gasteiger partial charge in [0.2, 0.25) is 0 Å². The lowest BCUT2D eigenvalue weighted by molar-refractivity contribution is 0.0248. The Labute approximate surface area is 111 Å². The van der Waals surface area contributed by atoms with E-state index in [-0.39, 0.29) is 11.8 Å². The molecule has 1 amide bonds. The number of β-amino-alcohol motifs (C(OH)–C–C–N with tert-alkyl or cyclic N) is 1. The van der Waals surface area contributed by atoms with Gasteiger partial charge in [-0.25, -0.2) is 4.98 Å². The summed E-state index contributed by atoms with van der Waals surface area (Å²) in [6.45, 7) is 3.15. The summed E-state index contributed by atoms with van der Waals surface area (Å²) in [5, 5.41) is 10.7. The van der Waals surface area contributed by atoms with Gasteiger partial charge in [-0.05, 0) is 30.7 Å². The van der Waals surface area contributed by atoms with Gasteiger partial charge >= 0.3 is 0 Å². The zero-order chi connectivity index (χ0) is 13.1. The van der Waals surface area contributed by atoms with Crippen LogP contribution >= 0.6 is 11.8 Å². The van der Waals surface area contributed by atoms with Crippen LogP contribution < -0.4 is 0 Å². The molecule has 1 N–H and O–H groups in total. The van der Waals surface area contributed by atoms with Crippen LogP contribution in [0.5, 0.6) is 0 Å². The first-order chi connectivity index (χ1) is 8.61. The van der Waals surface area contributed by atoms with Crippen molar-refractivity contribution >= 4 is 17.7 Å². The van der Waals surface area contributed by atoms with Gasteiger partial charge in [0.05, 0.1) is 16.7 Å². The van der Waals surface area contributed by atoms with Gasteiger partial charge < -0.3 is 10.0 Å². The quantitative estimate of drug-likeness (QED) is 0.827. The number of rotatable bonds is 2. The number of pyridine rings is 1. The normalized spacial score (nSPS) is 24.1. The van der Waals surface area contributed by atoms with Gasteiger partial charge in [0.1, 0.15) is 0 Å². The molecule has 98 valence electrons. The average Bonchev–Trinajstić information content (AvgIpc) is 2.41. The van der Waals surface area contributed by atoms with Crippen molar-refractivity contribution in [3.63, 3.8) is 0 Å². The predicted octanol–water partition coefficient (Wildman–Crippen LogP) is 1.65.